The van der Waals surface area contributed by atoms with Crippen LogP contribution in [0.4, 0.5) is 0 Å². The Morgan fingerprint density at radius 2 is 1.67 bits per heavy atom. The molecule has 2 N–H and O–H groups in total. The number of carbonyl (C=O) groups excluding carboxylic acids is 1. The summed E-state index contributed by atoms with van der Waals surface area (Å²) >= 11 is 0. The van der Waals surface area contributed by atoms with Crippen LogP contribution in [0.25, 0.3) is 11.1 Å². The standard InChI is InChI=1S/C24H23N3O5S/c1-17(19-10-6-3-7-11-19)26-23(28)16-27-21-13-12-20(14-22(21)32-24(27)29)33(30,31)25-15-18-8-4-2-5-9-18/h2-14,17,25H,15-16H2,1H3,(H,26,28)/t17-/m1/s1. The van der Waals surface area contributed by atoms with Gasteiger partial charge in [-0.15, -0.1) is 0 Å². The Bertz CT molecular complexity index is 1430. The number of rotatable bonds is 8. The van der Waals surface area contributed by atoms with Crippen LogP contribution in [-0.2, 0) is 27.9 Å². The smallest absolute Gasteiger partial charge is 0.408 e. The Balaban J connectivity index is 1.50. The second kappa shape index (κ2) is 9.43. The van der Waals surface area contributed by atoms with Crippen molar-refractivity contribution in [1.82, 2.24) is 14.6 Å². The van der Waals surface area contributed by atoms with Gasteiger partial charge in [0.1, 0.15) is 6.54 Å². The van der Waals surface area contributed by atoms with E-state index >= 15 is 0 Å². The van der Waals surface area contributed by atoms with Crippen molar-refractivity contribution in [1.29, 1.82) is 0 Å². The molecule has 0 saturated carbocycles. The highest BCUT2D eigenvalue weighted by Gasteiger charge is 2.19. The second-order valence-corrected chi connectivity index (χ2v) is 9.36. The predicted octanol–water partition coefficient (Wildman–Crippen LogP) is 2.95. The van der Waals surface area contributed by atoms with Gasteiger partial charge in [0.05, 0.1) is 16.5 Å². The third kappa shape index (κ3) is 5.21. The summed E-state index contributed by atoms with van der Waals surface area (Å²) in [6.45, 7) is 1.73. The number of amides is 1. The molecule has 1 atom stereocenters. The molecule has 1 aromatic heterocycles. The number of nitrogens with zero attached hydrogens (tertiary/aromatic N) is 1. The lowest BCUT2D eigenvalue weighted by Crippen LogP contribution is -2.32. The van der Waals surface area contributed by atoms with Crippen molar-refractivity contribution < 1.29 is 17.6 Å². The first-order chi connectivity index (χ1) is 15.8. The maximum atomic E-state index is 12.7. The Labute approximate surface area is 190 Å². The molecular formula is C24H23N3O5S. The van der Waals surface area contributed by atoms with Gasteiger partial charge >= 0.3 is 5.76 Å². The predicted molar refractivity (Wildman–Crippen MR) is 124 cm³/mol. The normalized spacial score (nSPS) is 12.5. The molecule has 0 fully saturated rings. The first-order valence-electron chi connectivity index (χ1n) is 10.3. The van der Waals surface area contributed by atoms with Gasteiger partial charge in [0, 0.05) is 12.6 Å². The van der Waals surface area contributed by atoms with Crippen LogP contribution in [0.15, 0.2) is 93.0 Å². The van der Waals surface area contributed by atoms with Crippen molar-refractivity contribution in [3.63, 3.8) is 0 Å². The summed E-state index contributed by atoms with van der Waals surface area (Å²) in [5.41, 5.74) is 2.18. The lowest BCUT2D eigenvalue weighted by Gasteiger charge is -2.14. The summed E-state index contributed by atoms with van der Waals surface area (Å²) < 4.78 is 34.3. The van der Waals surface area contributed by atoms with Crippen LogP contribution in [0, 0.1) is 0 Å². The summed E-state index contributed by atoms with van der Waals surface area (Å²) in [6, 6.07) is 22.5. The van der Waals surface area contributed by atoms with Crippen molar-refractivity contribution in [2.24, 2.45) is 0 Å². The highest BCUT2D eigenvalue weighted by molar-refractivity contribution is 7.89. The summed E-state index contributed by atoms with van der Waals surface area (Å²) in [4.78, 5) is 24.8. The summed E-state index contributed by atoms with van der Waals surface area (Å²) in [5.74, 6) is -1.10. The molecule has 1 heterocycles. The first-order valence-corrected chi connectivity index (χ1v) is 11.8. The molecule has 170 valence electrons. The molecule has 0 spiro atoms. The third-order valence-corrected chi connectivity index (χ3v) is 6.64. The number of carbonyl (C=O) groups is 1. The Hall–Kier alpha value is -3.69. The SMILES string of the molecule is C[C@@H](NC(=O)Cn1c(=O)oc2cc(S(=O)(=O)NCc3ccccc3)ccc21)c1ccccc1. The van der Waals surface area contributed by atoms with Gasteiger partial charge < -0.3 is 9.73 Å². The highest BCUT2D eigenvalue weighted by Crippen LogP contribution is 2.19. The van der Waals surface area contributed by atoms with Gasteiger partial charge in [-0.1, -0.05) is 60.7 Å². The fourth-order valence-corrected chi connectivity index (χ4v) is 4.51. The molecular weight excluding hydrogens is 442 g/mol. The van der Waals surface area contributed by atoms with Crippen molar-refractivity contribution in [3.8, 4) is 0 Å². The van der Waals surface area contributed by atoms with Crippen molar-refractivity contribution in [2.45, 2.75) is 31.0 Å². The molecule has 4 rings (SSSR count). The molecule has 4 aromatic rings. The van der Waals surface area contributed by atoms with Gasteiger partial charge in [0.25, 0.3) is 0 Å². The van der Waals surface area contributed by atoms with E-state index in [-0.39, 0.29) is 35.5 Å². The maximum absolute atomic E-state index is 12.7. The largest absolute Gasteiger partial charge is 0.420 e. The van der Waals surface area contributed by atoms with Gasteiger partial charge in [-0.3, -0.25) is 9.36 Å². The third-order valence-electron chi connectivity index (χ3n) is 5.24. The van der Waals surface area contributed by atoms with E-state index < -0.39 is 15.8 Å². The quantitative estimate of drug-likeness (QED) is 0.416. The Morgan fingerprint density at radius 3 is 2.36 bits per heavy atom. The maximum Gasteiger partial charge on any atom is 0.420 e. The minimum atomic E-state index is -3.82. The van der Waals surface area contributed by atoms with Crippen LogP contribution in [0.1, 0.15) is 24.1 Å². The topological polar surface area (TPSA) is 110 Å². The Morgan fingerprint density at radius 1 is 1.00 bits per heavy atom. The minimum absolute atomic E-state index is 0.0333. The van der Waals surface area contributed by atoms with Crippen LogP contribution in [-0.4, -0.2) is 18.9 Å². The lowest BCUT2D eigenvalue weighted by molar-refractivity contribution is -0.122. The molecule has 9 heteroatoms. The van der Waals surface area contributed by atoms with E-state index in [2.05, 4.69) is 10.0 Å². The number of aromatic nitrogens is 1. The number of nitrogens with one attached hydrogen (secondary N) is 2. The van der Waals surface area contributed by atoms with Gasteiger partial charge in [-0.25, -0.2) is 17.9 Å². The van der Waals surface area contributed by atoms with E-state index in [1.54, 1.807) is 0 Å². The molecule has 0 saturated heterocycles. The zero-order chi connectivity index (χ0) is 23.4. The molecule has 33 heavy (non-hydrogen) atoms. The second-order valence-electron chi connectivity index (χ2n) is 7.59. The van der Waals surface area contributed by atoms with Crippen molar-refractivity contribution >= 4 is 27.0 Å². The molecule has 8 nitrogen and oxygen atoms in total. The Kier molecular flexibility index (Phi) is 6.43. The summed E-state index contributed by atoms with van der Waals surface area (Å²) in [7, 11) is -3.82. The van der Waals surface area contributed by atoms with Crippen LogP contribution < -0.4 is 15.8 Å². The summed E-state index contributed by atoms with van der Waals surface area (Å²) in [5, 5.41) is 2.85. The fourth-order valence-electron chi connectivity index (χ4n) is 3.48. The monoisotopic (exact) mass is 465 g/mol. The molecule has 1 amide bonds. The van der Waals surface area contributed by atoms with Crippen LogP contribution >= 0.6 is 0 Å². The van der Waals surface area contributed by atoms with E-state index in [1.165, 1.54) is 22.8 Å². The molecule has 0 bridgehead atoms. The average Bonchev–Trinajstić information content (AvgIpc) is 3.13. The molecule has 0 aliphatic heterocycles. The highest BCUT2D eigenvalue weighted by atomic mass is 32.2. The number of hydrogen-bond acceptors (Lipinski definition) is 5. The van der Waals surface area contributed by atoms with Gasteiger partial charge in [-0.2, -0.15) is 0 Å². The molecule has 0 radical (unpaired) electrons. The van der Waals surface area contributed by atoms with Gasteiger partial charge in [0.15, 0.2) is 5.58 Å². The van der Waals surface area contributed by atoms with Crippen LogP contribution in [0.5, 0.6) is 0 Å². The fraction of sp³-hybridized carbons (Fsp3) is 0.167. The summed E-state index contributed by atoms with van der Waals surface area (Å²) in [6.07, 6.45) is 0. The molecule has 0 unspecified atom stereocenters. The number of hydrogen-bond donors (Lipinski definition) is 2. The van der Waals surface area contributed by atoms with Gasteiger partial charge in [-0.05, 0) is 30.2 Å². The number of fused-ring (bicyclic) bond motifs is 1. The molecule has 3 aromatic carbocycles. The average molecular weight is 466 g/mol. The van der Waals surface area contributed by atoms with Crippen molar-refractivity contribution in [3.05, 3.63) is 101 Å². The zero-order valence-corrected chi connectivity index (χ0v) is 18.7. The number of benzene rings is 3. The van der Waals surface area contributed by atoms with E-state index in [0.29, 0.717) is 5.52 Å². The van der Waals surface area contributed by atoms with Crippen LogP contribution in [0.2, 0.25) is 0 Å². The van der Waals surface area contributed by atoms with E-state index in [1.807, 2.05) is 67.6 Å². The van der Waals surface area contributed by atoms with E-state index in [0.717, 1.165) is 11.1 Å². The number of sulfonamides is 1. The molecule has 0 aliphatic carbocycles. The first kappa shape index (κ1) is 22.5. The van der Waals surface area contributed by atoms with Crippen LogP contribution in [0.3, 0.4) is 0 Å². The van der Waals surface area contributed by atoms with Crippen molar-refractivity contribution in [2.75, 3.05) is 0 Å². The minimum Gasteiger partial charge on any atom is -0.408 e. The van der Waals surface area contributed by atoms with E-state index in [4.69, 9.17) is 4.42 Å². The molecule has 0 aliphatic rings. The van der Waals surface area contributed by atoms with E-state index in [9.17, 15) is 18.0 Å². The lowest BCUT2D eigenvalue weighted by atomic mass is 10.1. The zero-order valence-electron chi connectivity index (χ0n) is 17.9. The number of oxazole rings is 1. The van der Waals surface area contributed by atoms with Gasteiger partial charge in [0.2, 0.25) is 15.9 Å².